The highest BCUT2D eigenvalue weighted by Gasteiger charge is 2.55. The molecular formula is C30H28N2O5S. The van der Waals surface area contributed by atoms with Crippen LogP contribution in [-0.4, -0.2) is 29.1 Å². The van der Waals surface area contributed by atoms with Crippen LogP contribution in [0, 0.1) is 34.5 Å². The molecular weight excluding hydrogens is 500 g/mol. The number of imide groups is 1. The Morgan fingerprint density at radius 2 is 1.76 bits per heavy atom. The van der Waals surface area contributed by atoms with Gasteiger partial charge in [-0.2, -0.15) is 5.26 Å². The summed E-state index contributed by atoms with van der Waals surface area (Å²) in [5, 5.41) is 8.94. The van der Waals surface area contributed by atoms with Gasteiger partial charge in [-0.1, -0.05) is 24.3 Å². The first-order chi connectivity index (χ1) is 18.4. The van der Waals surface area contributed by atoms with Crippen molar-refractivity contribution in [3.63, 3.8) is 0 Å². The molecule has 4 saturated carbocycles. The maximum atomic E-state index is 13.4. The van der Waals surface area contributed by atoms with E-state index in [-0.39, 0.29) is 28.1 Å². The highest BCUT2D eigenvalue weighted by Crippen LogP contribution is 2.60. The van der Waals surface area contributed by atoms with Gasteiger partial charge in [0.25, 0.3) is 11.1 Å². The van der Waals surface area contributed by atoms with Crippen molar-refractivity contribution in [2.24, 2.45) is 23.2 Å². The number of ether oxygens (including phenoxy) is 2. The molecule has 0 atom stereocenters. The van der Waals surface area contributed by atoms with Gasteiger partial charge in [-0.3, -0.25) is 19.3 Å². The van der Waals surface area contributed by atoms with Crippen LogP contribution in [0.5, 0.6) is 11.5 Å². The van der Waals surface area contributed by atoms with E-state index < -0.39 is 5.91 Å². The molecule has 2 amide bonds. The van der Waals surface area contributed by atoms with Crippen LogP contribution in [0.3, 0.4) is 0 Å². The van der Waals surface area contributed by atoms with Crippen molar-refractivity contribution in [1.82, 2.24) is 4.90 Å². The molecule has 2 aromatic carbocycles. The van der Waals surface area contributed by atoms with Crippen molar-refractivity contribution in [3.05, 3.63) is 64.1 Å². The summed E-state index contributed by atoms with van der Waals surface area (Å²) >= 11 is 0.859. The van der Waals surface area contributed by atoms with E-state index in [0.717, 1.165) is 35.9 Å². The molecule has 8 heteroatoms. The van der Waals surface area contributed by atoms with Crippen LogP contribution in [0.2, 0.25) is 0 Å². The Kier molecular flexibility index (Phi) is 6.27. The molecule has 1 aliphatic heterocycles. The lowest BCUT2D eigenvalue weighted by atomic mass is 9.49. The van der Waals surface area contributed by atoms with Crippen molar-refractivity contribution < 1.29 is 23.9 Å². The second-order valence-electron chi connectivity index (χ2n) is 11.0. The summed E-state index contributed by atoms with van der Waals surface area (Å²) < 4.78 is 11.5. The SMILES string of the molecule is COc1cc(/C=C2\SC(=O)N(Cc3ccccc3C#N)C2=O)ccc1OC(=O)C12CC3CC(CC(C3)C1)C2. The molecule has 4 bridgehead atoms. The van der Waals surface area contributed by atoms with Gasteiger partial charge < -0.3 is 9.47 Å². The van der Waals surface area contributed by atoms with Gasteiger partial charge in [0.05, 0.1) is 35.6 Å². The summed E-state index contributed by atoms with van der Waals surface area (Å²) in [7, 11) is 1.52. The number of benzene rings is 2. The molecule has 0 spiro atoms. The third kappa shape index (κ3) is 4.39. The Morgan fingerprint density at radius 1 is 1.08 bits per heavy atom. The minimum Gasteiger partial charge on any atom is -0.493 e. The Bertz CT molecular complexity index is 1370. The normalized spacial score (nSPS) is 28.6. The number of methoxy groups -OCH3 is 1. The minimum atomic E-state index is -0.413. The maximum absolute atomic E-state index is 13.4. The highest BCUT2D eigenvalue weighted by atomic mass is 32.2. The number of esters is 1. The van der Waals surface area contributed by atoms with E-state index in [1.807, 2.05) is 0 Å². The van der Waals surface area contributed by atoms with Gasteiger partial charge in [-0.15, -0.1) is 0 Å². The average molecular weight is 529 g/mol. The van der Waals surface area contributed by atoms with Gasteiger partial charge in [0.1, 0.15) is 0 Å². The number of nitrogens with zero attached hydrogens (tertiary/aromatic N) is 2. The first-order valence-electron chi connectivity index (χ1n) is 13.0. The monoisotopic (exact) mass is 528 g/mol. The predicted octanol–water partition coefficient (Wildman–Crippen LogP) is 5.93. The van der Waals surface area contributed by atoms with Crippen LogP contribution in [0.15, 0.2) is 47.4 Å². The largest absolute Gasteiger partial charge is 0.493 e. The van der Waals surface area contributed by atoms with Gasteiger partial charge in [0.2, 0.25) is 0 Å². The molecule has 5 fully saturated rings. The van der Waals surface area contributed by atoms with Crippen molar-refractivity contribution in [2.45, 2.75) is 45.1 Å². The summed E-state index contributed by atoms with van der Waals surface area (Å²) in [6.07, 6.45) is 8.16. The third-order valence-electron chi connectivity index (χ3n) is 8.50. The summed E-state index contributed by atoms with van der Waals surface area (Å²) in [5.74, 6) is 2.13. The molecule has 5 aliphatic rings. The van der Waals surface area contributed by atoms with Crippen LogP contribution < -0.4 is 9.47 Å². The average Bonchev–Trinajstić information content (AvgIpc) is 3.16. The Labute approximate surface area is 225 Å². The van der Waals surface area contributed by atoms with Gasteiger partial charge in [-0.05, 0) is 103 Å². The lowest BCUT2D eigenvalue weighted by Gasteiger charge is -2.55. The number of nitriles is 1. The van der Waals surface area contributed by atoms with Crippen LogP contribution >= 0.6 is 11.8 Å². The lowest BCUT2D eigenvalue weighted by Crippen LogP contribution is -2.51. The quantitative estimate of drug-likeness (QED) is 0.261. The zero-order chi connectivity index (χ0) is 26.4. The van der Waals surface area contributed by atoms with E-state index in [1.165, 1.54) is 26.4 Å². The molecule has 0 aromatic heterocycles. The van der Waals surface area contributed by atoms with Crippen LogP contribution in [-0.2, 0) is 16.1 Å². The first-order valence-corrected chi connectivity index (χ1v) is 13.8. The molecule has 1 heterocycles. The smallest absolute Gasteiger partial charge is 0.317 e. The van der Waals surface area contributed by atoms with E-state index >= 15 is 0 Å². The molecule has 0 radical (unpaired) electrons. The summed E-state index contributed by atoms with van der Waals surface area (Å²) in [6.45, 7) is 0.0360. The molecule has 7 rings (SSSR count). The fourth-order valence-corrected chi connectivity index (χ4v) is 7.99. The van der Waals surface area contributed by atoms with Gasteiger partial charge in [0.15, 0.2) is 11.5 Å². The van der Waals surface area contributed by atoms with Gasteiger partial charge in [-0.25, -0.2) is 0 Å². The van der Waals surface area contributed by atoms with E-state index in [4.69, 9.17) is 9.47 Å². The number of thioether (sulfide) groups is 1. The van der Waals surface area contributed by atoms with Crippen LogP contribution in [0.4, 0.5) is 4.79 Å². The van der Waals surface area contributed by atoms with Crippen LogP contribution in [0.1, 0.15) is 55.2 Å². The van der Waals surface area contributed by atoms with Crippen LogP contribution in [0.25, 0.3) is 6.08 Å². The fraction of sp³-hybridized carbons (Fsp3) is 0.400. The molecule has 0 unspecified atom stereocenters. The van der Waals surface area contributed by atoms with Crippen molar-refractivity contribution >= 4 is 35.0 Å². The topological polar surface area (TPSA) is 96.7 Å². The number of carbonyl (C=O) groups excluding carboxylic acids is 3. The van der Waals surface area contributed by atoms with Gasteiger partial charge >= 0.3 is 5.97 Å². The summed E-state index contributed by atoms with van der Waals surface area (Å²) in [5.41, 5.74) is 1.32. The fourth-order valence-electron chi connectivity index (χ4n) is 7.15. The van der Waals surface area contributed by atoms with Crippen molar-refractivity contribution in [1.29, 1.82) is 5.26 Å². The zero-order valence-electron chi connectivity index (χ0n) is 21.1. The Morgan fingerprint density at radius 3 is 2.42 bits per heavy atom. The van der Waals surface area contributed by atoms with E-state index in [9.17, 15) is 19.6 Å². The molecule has 1 saturated heterocycles. The zero-order valence-corrected chi connectivity index (χ0v) is 22.0. The summed E-state index contributed by atoms with van der Waals surface area (Å²) in [4.78, 5) is 40.5. The Hall–Kier alpha value is -3.57. The summed E-state index contributed by atoms with van der Waals surface area (Å²) in [6, 6.07) is 14.2. The number of rotatable bonds is 6. The molecule has 0 N–H and O–H groups in total. The van der Waals surface area contributed by atoms with Gasteiger partial charge in [0, 0.05) is 0 Å². The highest BCUT2D eigenvalue weighted by molar-refractivity contribution is 8.18. The second kappa shape index (κ2) is 9.63. The van der Waals surface area contributed by atoms with Crippen molar-refractivity contribution in [2.75, 3.05) is 7.11 Å². The first kappa shape index (κ1) is 24.7. The van der Waals surface area contributed by atoms with Crippen molar-refractivity contribution in [3.8, 4) is 17.6 Å². The lowest BCUT2D eigenvalue weighted by molar-refractivity contribution is -0.161. The minimum absolute atomic E-state index is 0.0360. The number of carbonyl (C=O) groups is 3. The number of hydrogen-bond donors (Lipinski definition) is 0. The predicted molar refractivity (Wildman–Crippen MR) is 142 cm³/mol. The third-order valence-corrected chi connectivity index (χ3v) is 9.41. The van der Waals surface area contributed by atoms with E-state index in [2.05, 4.69) is 6.07 Å². The molecule has 38 heavy (non-hydrogen) atoms. The Balaban J connectivity index is 1.19. The van der Waals surface area contributed by atoms with E-state index in [1.54, 1.807) is 48.5 Å². The molecule has 2 aromatic rings. The number of amides is 2. The van der Waals surface area contributed by atoms with E-state index in [0.29, 0.717) is 45.9 Å². The molecule has 7 nitrogen and oxygen atoms in total. The molecule has 194 valence electrons. The maximum Gasteiger partial charge on any atom is 0.317 e. The standard InChI is InChI=1S/C30H28N2O5S/c1-36-25-11-18(12-26-27(33)32(29(35)38-26)17-23-5-3-2-4-22(23)16-31)6-7-24(25)37-28(34)30-13-19-8-20(14-30)10-21(9-19)15-30/h2-7,11-12,19-21H,8-10,13-15,17H2,1H3/b26-12-. The molecule has 4 aliphatic carbocycles. The number of hydrogen-bond acceptors (Lipinski definition) is 7. The second-order valence-corrected chi connectivity index (χ2v) is 12.0.